The van der Waals surface area contributed by atoms with Gasteiger partial charge in [-0.3, -0.25) is 19.3 Å². The fourth-order valence-electron chi connectivity index (χ4n) is 4.43. The quantitative estimate of drug-likeness (QED) is 0.403. The van der Waals surface area contributed by atoms with E-state index in [1.54, 1.807) is 12.1 Å². The average molecular weight is 435 g/mol. The van der Waals surface area contributed by atoms with E-state index in [0.717, 1.165) is 32.1 Å². The molecular weight excluding hydrogens is 414 g/mol. The molecule has 2 aromatic carbocycles. The van der Waals surface area contributed by atoms with Crippen LogP contribution >= 0.6 is 0 Å². The Labute approximate surface area is 184 Å². The van der Waals surface area contributed by atoms with Gasteiger partial charge in [0.25, 0.3) is 11.8 Å². The Morgan fingerprint density at radius 3 is 2.41 bits per heavy atom. The smallest absolute Gasteiger partial charge is 0.338 e. The zero-order chi connectivity index (χ0) is 22.2. The third-order valence-electron chi connectivity index (χ3n) is 6.12. The monoisotopic (exact) mass is 435 g/mol. The van der Waals surface area contributed by atoms with Crippen molar-refractivity contribution in [2.75, 3.05) is 13.4 Å². The Balaban J connectivity index is 1.27. The van der Waals surface area contributed by atoms with Crippen LogP contribution in [0.1, 0.15) is 73.5 Å². The largest absolute Gasteiger partial charge is 0.454 e. The van der Waals surface area contributed by atoms with Crippen molar-refractivity contribution in [1.29, 1.82) is 0 Å². The van der Waals surface area contributed by atoms with Crippen LogP contribution in [-0.2, 0) is 4.74 Å². The number of benzene rings is 2. The number of hydrogen-bond donors (Lipinski definition) is 0. The van der Waals surface area contributed by atoms with Gasteiger partial charge in [0, 0.05) is 11.6 Å². The van der Waals surface area contributed by atoms with Gasteiger partial charge in [-0.15, -0.1) is 0 Å². The van der Waals surface area contributed by atoms with Crippen molar-refractivity contribution in [3.63, 3.8) is 0 Å². The zero-order valence-electron chi connectivity index (χ0n) is 17.3. The van der Waals surface area contributed by atoms with E-state index in [-0.39, 0.29) is 35.8 Å². The lowest BCUT2D eigenvalue weighted by Gasteiger charge is -2.29. The molecule has 3 aliphatic rings. The van der Waals surface area contributed by atoms with Gasteiger partial charge in [-0.05, 0) is 49.2 Å². The fraction of sp³-hybridized carbons (Fsp3) is 0.333. The topological polar surface area (TPSA) is 99.2 Å². The maximum absolute atomic E-state index is 12.9. The summed E-state index contributed by atoms with van der Waals surface area (Å²) in [6.45, 7) is -0.365. The molecule has 164 valence electrons. The summed E-state index contributed by atoms with van der Waals surface area (Å²) < 4.78 is 15.6. The van der Waals surface area contributed by atoms with Crippen LogP contribution in [-0.4, -0.2) is 47.9 Å². The first kappa shape index (κ1) is 20.2. The number of rotatable bonds is 5. The second kappa shape index (κ2) is 8.11. The lowest BCUT2D eigenvalue weighted by molar-refractivity contribution is 0.0474. The number of ether oxygens (including phenoxy) is 3. The van der Waals surface area contributed by atoms with Crippen LogP contribution in [0.25, 0.3) is 0 Å². The van der Waals surface area contributed by atoms with E-state index < -0.39 is 18.4 Å². The van der Waals surface area contributed by atoms with E-state index in [1.165, 1.54) is 29.2 Å². The molecule has 0 aromatic heterocycles. The number of amides is 2. The van der Waals surface area contributed by atoms with Gasteiger partial charge < -0.3 is 14.2 Å². The van der Waals surface area contributed by atoms with Crippen molar-refractivity contribution in [3.05, 3.63) is 58.7 Å². The lowest BCUT2D eigenvalue weighted by atomic mass is 9.94. The number of imide groups is 1. The van der Waals surface area contributed by atoms with E-state index in [4.69, 9.17) is 14.2 Å². The molecule has 0 radical (unpaired) electrons. The predicted octanol–water partition coefficient (Wildman–Crippen LogP) is 3.38. The summed E-state index contributed by atoms with van der Waals surface area (Å²) in [5.74, 6) is -0.798. The maximum Gasteiger partial charge on any atom is 0.338 e. The first-order chi connectivity index (χ1) is 15.5. The Morgan fingerprint density at radius 1 is 0.875 bits per heavy atom. The molecule has 1 aliphatic carbocycles. The van der Waals surface area contributed by atoms with Gasteiger partial charge in [0.1, 0.15) is 0 Å². The SMILES string of the molecule is O=C(COC(=O)c1ccc2c(c1)C(=O)N(C1CCCCC1)C2=O)c1ccc2c(c1)OCO2. The molecule has 5 rings (SSSR count). The van der Waals surface area contributed by atoms with Crippen molar-refractivity contribution >= 4 is 23.6 Å². The zero-order valence-corrected chi connectivity index (χ0v) is 17.3. The number of carbonyl (C=O) groups excluding carboxylic acids is 4. The van der Waals surface area contributed by atoms with Crippen molar-refractivity contribution in [2.24, 2.45) is 0 Å². The van der Waals surface area contributed by atoms with E-state index in [9.17, 15) is 19.2 Å². The molecule has 2 amide bonds. The Morgan fingerprint density at radius 2 is 1.59 bits per heavy atom. The van der Waals surface area contributed by atoms with Gasteiger partial charge in [-0.1, -0.05) is 19.3 Å². The highest BCUT2D eigenvalue weighted by Crippen LogP contribution is 2.33. The number of esters is 1. The van der Waals surface area contributed by atoms with Gasteiger partial charge in [-0.2, -0.15) is 0 Å². The number of fused-ring (bicyclic) bond motifs is 2. The van der Waals surface area contributed by atoms with Gasteiger partial charge in [0.15, 0.2) is 23.9 Å². The number of Topliss-reactive ketones (excluding diaryl/α,β-unsaturated/α-hetero) is 1. The van der Waals surface area contributed by atoms with Gasteiger partial charge in [-0.25, -0.2) is 4.79 Å². The Hall–Kier alpha value is -3.68. The minimum absolute atomic E-state index is 0.0918. The van der Waals surface area contributed by atoms with E-state index in [0.29, 0.717) is 22.6 Å². The summed E-state index contributed by atoms with van der Waals surface area (Å²) in [6, 6.07) is 8.95. The van der Waals surface area contributed by atoms with Crippen LogP contribution in [0.4, 0.5) is 0 Å². The van der Waals surface area contributed by atoms with Crippen LogP contribution in [0.3, 0.4) is 0 Å². The van der Waals surface area contributed by atoms with E-state index in [1.807, 2.05) is 0 Å². The molecule has 1 fully saturated rings. The van der Waals surface area contributed by atoms with Crippen molar-refractivity contribution < 1.29 is 33.4 Å². The van der Waals surface area contributed by atoms with E-state index in [2.05, 4.69) is 0 Å². The lowest BCUT2D eigenvalue weighted by Crippen LogP contribution is -2.40. The second-order valence-corrected chi connectivity index (χ2v) is 8.10. The van der Waals surface area contributed by atoms with Crippen LogP contribution < -0.4 is 9.47 Å². The third kappa shape index (κ3) is 3.51. The molecule has 0 unspecified atom stereocenters. The van der Waals surface area contributed by atoms with E-state index >= 15 is 0 Å². The van der Waals surface area contributed by atoms with Crippen LogP contribution in [0.15, 0.2) is 36.4 Å². The summed E-state index contributed by atoms with van der Waals surface area (Å²) in [4.78, 5) is 51.9. The van der Waals surface area contributed by atoms with Crippen LogP contribution in [0, 0.1) is 0 Å². The van der Waals surface area contributed by atoms with Crippen molar-refractivity contribution in [3.8, 4) is 11.5 Å². The maximum atomic E-state index is 12.9. The molecule has 8 nitrogen and oxygen atoms in total. The average Bonchev–Trinajstić information content (AvgIpc) is 3.39. The molecule has 0 spiro atoms. The first-order valence-corrected chi connectivity index (χ1v) is 10.6. The van der Waals surface area contributed by atoms with Gasteiger partial charge in [0.05, 0.1) is 16.7 Å². The highest BCUT2D eigenvalue weighted by Gasteiger charge is 2.40. The predicted molar refractivity (Wildman–Crippen MR) is 111 cm³/mol. The molecule has 32 heavy (non-hydrogen) atoms. The van der Waals surface area contributed by atoms with Gasteiger partial charge in [0.2, 0.25) is 6.79 Å². The van der Waals surface area contributed by atoms with Crippen LogP contribution in [0.5, 0.6) is 11.5 Å². The minimum Gasteiger partial charge on any atom is -0.454 e. The summed E-state index contributed by atoms with van der Waals surface area (Å²) >= 11 is 0. The molecule has 0 saturated heterocycles. The molecule has 2 heterocycles. The molecule has 8 heteroatoms. The molecule has 0 bridgehead atoms. The van der Waals surface area contributed by atoms with Crippen LogP contribution in [0.2, 0.25) is 0 Å². The Bertz CT molecular complexity index is 1130. The first-order valence-electron chi connectivity index (χ1n) is 10.6. The number of hydrogen-bond acceptors (Lipinski definition) is 7. The summed E-state index contributed by atoms with van der Waals surface area (Å²) in [7, 11) is 0. The summed E-state index contributed by atoms with van der Waals surface area (Å²) in [5, 5.41) is 0. The number of nitrogens with zero attached hydrogens (tertiary/aromatic N) is 1. The third-order valence-corrected chi connectivity index (χ3v) is 6.12. The fourth-order valence-corrected chi connectivity index (χ4v) is 4.43. The number of ketones is 1. The molecule has 2 aliphatic heterocycles. The highest BCUT2D eigenvalue weighted by molar-refractivity contribution is 6.22. The highest BCUT2D eigenvalue weighted by atomic mass is 16.7. The number of carbonyl (C=O) groups is 4. The normalized spacial score (nSPS) is 17.4. The standard InChI is InChI=1S/C24H21NO7/c26-19(14-7-9-20-21(11-14)32-13-31-20)12-30-24(29)15-6-8-17-18(10-15)23(28)25(22(17)27)16-4-2-1-3-5-16/h6-11,16H,1-5,12-13H2. The summed E-state index contributed by atoms with van der Waals surface area (Å²) in [6.07, 6.45) is 4.71. The van der Waals surface area contributed by atoms with Gasteiger partial charge >= 0.3 is 5.97 Å². The summed E-state index contributed by atoms with van der Waals surface area (Å²) in [5.41, 5.74) is 0.958. The molecule has 0 atom stereocenters. The minimum atomic E-state index is -0.738. The molecule has 0 N–H and O–H groups in total. The molecule has 2 aromatic rings. The van der Waals surface area contributed by atoms with Crippen molar-refractivity contribution in [1.82, 2.24) is 4.90 Å². The van der Waals surface area contributed by atoms with Crippen molar-refractivity contribution in [2.45, 2.75) is 38.1 Å². The molecular formula is C24H21NO7. The Kier molecular flexibility index (Phi) is 5.13. The second-order valence-electron chi connectivity index (χ2n) is 8.10. The molecule has 1 saturated carbocycles.